The average Bonchev–Trinajstić information content (AvgIpc) is 3.16. The van der Waals surface area contributed by atoms with Gasteiger partial charge in [0.25, 0.3) is 5.91 Å². The highest BCUT2D eigenvalue weighted by molar-refractivity contribution is 5.96. The van der Waals surface area contributed by atoms with Crippen molar-refractivity contribution in [2.45, 2.75) is 50.5 Å². The third-order valence-corrected chi connectivity index (χ3v) is 8.13. The van der Waals surface area contributed by atoms with E-state index in [1.807, 2.05) is 35.2 Å². The Hall–Kier alpha value is -2.61. The van der Waals surface area contributed by atoms with E-state index in [1.165, 1.54) is 6.42 Å². The fraction of sp³-hybridized carbons (Fsp3) is 0.654. The van der Waals surface area contributed by atoms with E-state index in [9.17, 15) is 14.4 Å². The first-order valence-corrected chi connectivity index (χ1v) is 12.8. The maximum atomic E-state index is 13.8. The molecule has 184 valence electrons. The number of para-hydroxylation sites is 1. The minimum atomic E-state index is -0.698. The monoisotopic (exact) mass is 468 g/mol. The number of hydrogen-bond donors (Lipinski definition) is 0. The lowest BCUT2D eigenvalue weighted by molar-refractivity contribution is -0.144. The lowest BCUT2D eigenvalue weighted by Gasteiger charge is -2.44. The van der Waals surface area contributed by atoms with Gasteiger partial charge < -0.3 is 24.3 Å². The highest BCUT2D eigenvalue weighted by Crippen LogP contribution is 2.40. The Labute approximate surface area is 201 Å². The number of hydrogen-bond acceptors (Lipinski definition) is 5. The maximum absolute atomic E-state index is 13.8. The highest BCUT2D eigenvalue weighted by atomic mass is 16.5. The molecule has 3 heterocycles. The van der Waals surface area contributed by atoms with Gasteiger partial charge in [0.2, 0.25) is 11.8 Å². The Morgan fingerprint density at radius 2 is 1.59 bits per heavy atom. The Balaban J connectivity index is 1.32. The minimum Gasteiger partial charge on any atom is -0.378 e. The van der Waals surface area contributed by atoms with E-state index < -0.39 is 5.54 Å². The van der Waals surface area contributed by atoms with Crippen molar-refractivity contribution in [1.29, 1.82) is 0 Å². The van der Waals surface area contributed by atoms with Crippen LogP contribution < -0.4 is 4.90 Å². The first-order chi connectivity index (χ1) is 16.6. The molecule has 4 aliphatic rings. The quantitative estimate of drug-likeness (QED) is 0.677. The molecule has 8 nitrogen and oxygen atoms in total. The zero-order chi connectivity index (χ0) is 23.5. The molecule has 1 aromatic rings. The van der Waals surface area contributed by atoms with E-state index >= 15 is 0 Å². The SMILES string of the molecule is O=C(CN1CN(c2ccccc2)C2(CCN(C(=O)C3CCCCC3)CC2)C1=O)N1CCOCC1. The topological polar surface area (TPSA) is 73.4 Å². The second-order valence-corrected chi connectivity index (χ2v) is 10.1. The largest absolute Gasteiger partial charge is 0.378 e. The molecule has 3 saturated heterocycles. The number of anilines is 1. The molecule has 1 aromatic carbocycles. The Morgan fingerprint density at radius 1 is 0.912 bits per heavy atom. The molecule has 1 saturated carbocycles. The summed E-state index contributed by atoms with van der Waals surface area (Å²) in [7, 11) is 0. The minimum absolute atomic E-state index is 0.0164. The third-order valence-electron chi connectivity index (χ3n) is 8.13. The van der Waals surface area contributed by atoms with Crippen LogP contribution in [0.3, 0.4) is 0 Å². The molecule has 1 aliphatic carbocycles. The molecular formula is C26H36N4O4. The number of benzene rings is 1. The van der Waals surface area contributed by atoms with Gasteiger partial charge in [0, 0.05) is 37.8 Å². The van der Waals surface area contributed by atoms with Gasteiger partial charge in [0.1, 0.15) is 12.1 Å². The van der Waals surface area contributed by atoms with Crippen LogP contribution in [-0.2, 0) is 19.1 Å². The number of piperidine rings is 1. The summed E-state index contributed by atoms with van der Waals surface area (Å²) in [6.45, 7) is 3.92. The van der Waals surface area contributed by atoms with Crippen molar-refractivity contribution in [2.24, 2.45) is 5.92 Å². The zero-order valence-electron chi connectivity index (χ0n) is 20.0. The van der Waals surface area contributed by atoms with E-state index in [0.717, 1.165) is 31.4 Å². The van der Waals surface area contributed by atoms with Gasteiger partial charge >= 0.3 is 0 Å². The molecule has 1 spiro atoms. The lowest BCUT2D eigenvalue weighted by Crippen LogP contribution is -2.58. The summed E-state index contributed by atoms with van der Waals surface area (Å²) in [6.07, 6.45) is 6.69. The summed E-state index contributed by atoms with van der Waals surface area (Å²) < 4.78 is 5.36. The average molecular weight is 469 g/mol. The van der Waals surface area contributed by atoms with Crippen molar-refractivity contribution in [2.75, 3.05) is 57.5 Å². The number of amides is 3. The zero-order valence-corrected chi connectivity index (χ0v) is 20.0. The summed E-state index contributed by atoms with van der Waals surface area (Å²) >= 11 is 0. The van der Waals surface area contributed by atoms with Crippen LogP contribution in [0.2, 0.25) is 0 Å². The smallest absolute Gasteiger partial charge is 0.250 e. The Kier molecular flexibility index (Phi) is 6.77. The molecule has 0 atom stereocenters. The highest BCUT2D eigenvalue weighted by Gasteiger charge is 2.54. The van der Waals surface area contributed by atoms with Crippen molar-refractivity contribution >= 4 is 23.4 Å². The molecule has 0 bridgehead atoms. The first-order valence-electron chi connectivity index (χ1n) is 12.8. The second-order valence-electron chi connectivity index (χ2n) is 10.1. The van der Waals surface area contributed by atoms with E-state index in [4.69, 9.17) is 4.74 Å². The summed E-state index contributed by atoms with van der Waals surface area (Å²) in [5.74, 6) is 0.412. The van der Waals surface area contributed by atoms with Gasteiger partial charge in [-0.15, -0.1) is 0 Å². The third kappa shape index (κ3) is 4.40. The van der Waals surface area contributed by atoms with E-state index in [1.54, 1.807) is 9.80 Å². The Morgan fingerprint density at radius 3 is 2.26 bits per heavy atom. The molecule has 34 heavy (non-hydrogen) atoms. The van der Waals surface area contributed by atoms with Gasteiger partial charge in [0.15, 0.2) is 0 Å². The molecule has 4 fully saturated rings. The van der Waals surface area contributed by atoms with Crippen LogP contribution in [0.4, 0.5) is 5.69 Å². The molecule has 3 aliphatic heterocycles. The van der Waals surface area contributed by atoms with Crippen molar-refractivity contribution in [3.63, 3.8) is 0 Å². The molecule has 0 N–H and O–H groups in total. The number of carbonyl (C=O) groups is 3. The molecule has 8 heteroatoms. The van der Waals surface area contributed by atoms with Crippen LogP contribution in [0.1, 0.15) is 44.9 Å². The van der Waals surface area contributed by atoms with Gasteiger partial charge in [-0.25, -0.2) is 0 Å². The second kappa shape index (κ2) is 9.94. The predicted octanol–water partition coefficient (Wildman–Crippen LogP) is 2.09. The number of carbonyl (C=O) groups excluding carboxylic acids is 3. The van der Waals surface area contributed by atoms with Crippen LogP contribution in [-0.4, -0.2) is 90.6 Å². The maximum Gasteiger partial charge on any atom is 0.250 e. The first kappa shape index (κ1) is 23.1. The summed E-state index contributed by atoms with van der Waals surface area (Å²) in [6, 6.07) is 10.00. The van der Waals surface area contributed by atoms with Crippen LogP contribution >= 0.6 is 0 Å². The molecule has 5 rings (SSSR count). The normalized spacial score (nSPS) is 23.6. The molecular weight excluding hydrogens is 432 g/mol. The summed E-state index contributed by atoms with van der Waals surface area (Å²) in [5, 5.41) is 0. The molecule has 3 amide bonds. The number of rotatable bonds is 4. The summed E-state index contributed by atoms with van der Waals surface area (Å²) in [4.78, 5) is 47.6. The van der Waals surface area contributed by atoms with Crippen molar-refractivity contribution in [3.8, 4) is 0 Å². The van der Waals surface area contributed by atoms with Gasteiger partial charge in [-0.05, 0) is 37.8 Å². The van der Waals surface area contributed by atoms with Crippen molar-refractivity contribution < 1.29 is 19.1 Å². The van der Waals surface area contributed by atoms with Gasteiger partial charge in [-0.3, -0.25) is 14.4 Å². The number of morpholine rings is 1. The van der Waals surface area contributed by atoms with Crippen LogP contribution in [0, 0.1) is 5.92 Å². The molecule has 0 aromatic heterocycles. The standard InChI is InChI=1S/C26H36N4O4/c31-23(27-15-17-34-18-16-27)19-29-20-30(22-9-5-2-6-10-22)26(25(29)33)11-13-28(14-12-26)24(32)21-7-3-1-4-8-21/h2,5-6,9-10,21H,1,3-4,7-8,11-20H2. The predicted molar refractivity (Wildman–Crippen MR) is 128 cm³/mol. The van der Waals surface area contributed by atoms with Crippen LogP contribution in [0.25, 0.3) is 0 Å². The number of nitrogens with zero attached hydrogens (tertiary/aromatic N) is 4. The van der Waals surface area contributed by atoms with Crippen LogP contribution in [0.5, 0.6) is 0 Å². The molecule has 0 unspecified atom stereocenters. The summed E-state index contributed by atoms with van der Waals surface area (Å²) in [5.41, 5.74) is 0.292. The Bertz CT molecular complexity index is 887. The van der Waals surface area contributed by atoms with Crippen molar-refractivity contribution in [3.05, 3.63) is 30.3 Å². The fourth-order valence-electron chi connectivity index (χ4n) is 6.10. The number of ether oxygens (including phenoxy) is 1. The van der Waals surface area contributed by atoms with E-state index in [-0.39, 0.29) is 30.2 Å². The fourth-order valence-corrected chi connectivity index (χ4v) is 6.10. The number of likely N-dealkylation sites (tertiary alicyclic amines) is 1. The van der Waals surface area contributed by atoms with E-state index in [2.05, 4.69) is 4.90 Å². The molecule has 0 radical (unpaired) electrons. The van der Waals surface area contributed by atoms with Gasteiger partial charge in [0.05, 0.1) is 19.9 Å². The lowest BCUT2D eigenvalue weighted by atomic mass is 9.83. The van der Waals surface area contributed by atoms with Crippen molar-refractivity contribution in [1.82, 2.24) is 14.7 Å². The van der Waals surface area contributed by atoms with Gasteiger partial charge in [-0.1, -0.05) is 37.5 Å². The van der Waals surface area contributed by atoms with Crippen LogP contribution in [0.15, 0.2) is 30.3 Å². The van der Waals surface area contributed by atoms with E-state index in [0.29, 0.717) is 58.9 Å². The van der Waals surface area contributed by atoms with Gasteiger partial charge in [-0.2, -0.15) is 0 Å².